The monoisotopic (exact) mass is 438 g/mol. The van der Waals surface area contributed by atoms with Gasteiger partial charge in [0, 0.05) is 28.2 Å². The molecule has 138 valence electrons. The first-order valence-electron chi connectivity index (χ1n) is 9.39. The molecular formula is C24H15BrN4. The molecule has 0 radical (unpaired) electrons. The standard InChI is InChI=1S/C24H15BrN4/c25-24-26-23-18(10-6-14-28(23)27-24)16-12-13-22-20(15-16)19-9-4-5-11-21(19)29(22)17-7-2-1-3-8-17/h1-15H. The van der Waals surface area contributed by atoms with E-state index in [1.54, 1.807) is 4.52 Å². The normalized spacial score (nSPS) is 11.6. The molecule has 6 aromatic rings. The minimum absolute atomic E-state index is 0.590. The molecule has 0 bridgehead atoms. The lowest BCUT2D eigenvalue weighted by molar-refractivity contribution is 0.946. The molecule has 3 heterocycles. The Morgan fingerprint density at radius 3 is 2.41 bits per heavy atom. The fraction of sp³-hybridized carbons (Fsp3) is 0. The lowest BCUT2D eigenvalue weighted by Crippen LogP contribution is -1.93. The van der Waals surface area contributed by atoms with Crippen LogP contribution in [0.1, 0.15) is 0 Å². The summed E-state index contributed by atoms with van der Waals surface area (Å²) < 4.78 is 4.71. The molecule has 0 amide bonds. The number of benzene rings is 3. The van der Waals surface area contributed by atoms with Gasteiger partial charge < -0.3 is 4.57 Å². The smallest absolute Gasteiger partial charge is 0.218 e. The van der Waals surface area contributed by atoms with Crippen molar-refractivity contribution in [3.63, 3.8) is 0 Å². The highest BCUT2D eigenvalue weighted by Crippen LogP contribution is 2.35. The number of fused-ring (bicyclic) bond motifs is 4. The molecule has 0 aliphatic heterocycles. The van der Waals surface area contributed by atoms with E-state index in [1.165, 1.54) is 21.8 Å². The Morgan fingerprint density at radius 1 is 0.724 bits per heavy atom. The summed E-state index contributed by atoms with van der Waals surface area (Å²) >= 11 is 3.39. The number of hydrogen-bond donors (Lipinski definition) is 0. The highest BCUT2D eigenvalue weighted by atomic mass is 79.9. The van der Waals surface area contributed by atoms with E-state index in [4.69, 9.17) is 0 Å². The van der Waals surface area contributed by atoms with Crippen molar-refractivity contribution >= 4 is 43.4 Å². The van der Waals surface area contributed by atoms with E-state index in [9.17, 15) is 0 Å². The maximum Gasteiger partial charge on any atom is 0.218 e. The van der Waals surface area contributed by atoms with Crippen molar-refractivity contribution in [3.8, 4) is 16.8 Å². The number of nitrogens with zero attached hydrogens (tertiary/aromatic N) is 4. The van der Waals surface area contributed by atoms with Crippen LogP contribution in [0.15, 0.2) is 95.9 Å². The van der Waals surface area contributed by atoms with Gasteiger partial charge in [-0.3, -0.25) is 0 Å². The molecule has 29 heavy (non-hydrogen) atoms. The zero-order valence-electron chi connectivity index (χ0n) is 15.3. The molecule has 5 heteroatoms. The van der Waals surface area contributed by atoms with Gasteiger partial charge >= 0.3 is 0 Å². The van der Waals surface area contributed by atoms with Gasteiger partial charge in [0.2, 0.25) is 4.73 Å². The van der Waals surface area contributed by atoms with E-state index in [-0.39, 0.29) is 0 Å². The SMILES string of the molecule is Brc1nc2c(-c3ccc4c(c3)c3ccccc3n4-c3ccccc3)cccn2n1. The lowest BCUT2D eigenvalue weighted by atomic mass is 10.0. The van der Waals surface area contributed by atoms with Crippen molar-refractivity contribution in [2.45, 2.75) is 0 Å². The third-order valence-corrected chi connectivity index (χ3v) is 5.67. The van der Waals surface area contributed by atoms with Crippen molar-refractivity contribution in [2.24, 2.45) is 0 Å². The maximum atomic E-state index is 4.55. The van der Waals surface area contributed by atoms with Gasteiger partial charge in [0.15, 0.2) is 5.65 Å². The molecular weight excluding hydrogens is 424 g/mol. The van der Waals surface area contributed by atoms with Crippen LogP contribution in [-0.2, 0) is 0 Å². The summed E-state index contributed by atoms with van der Waals surface area (Å²) in [5, 5.41) is 6.84. The third kappa shape index (κ3) is 2.51. The highest BCUT2D eigenvalue weighted by Gasteiger charge is 2.14. The molecule has 6 rings (SSSR count). The first kappa shape index (κ1) is 16.5. The molecule has 0 N–H and O–H groups in total. The van der Waals surface area contributed by atoms with Crippen molar-refractivity contribution in [1.82, 2.24) is 19.2 Å². The van der Waals surface area contributed by atoms with E-state index in [2.05, 4.69) is 103 Å². The molecule has 0 aliphatic carbocycles. The minimum Gasteiger partial charge on any atom is -0.309 e. The van der Waals surface area contributed by atoms with E-state index in [0.29, 0.717) is 4.73 Å². The van der Waals surface area contributed by atoms with Crippen LogP contribution in [0.2, 0.25) is 0 Å². The van der Waals surface area contributed by atoms with Gasteiger partial charge in [-0.15, -0.1) is 5.10 Å². The zero-order chi connectivity index (χ0) is 19.4. The second-order valence-corrected chi connectivity index (χ2v) is 7.70. The minimum atomic E-state index is 0.590. The average Bonchev–Trinajstić information content (AvgIpc) is 3.30. The molecule has 4 nitrogen and oxygen atoms in total. The number of para-hydroxylation sites is 2. The largest absolute Gasteiger partial charge is 0.309 e. The van der Waals surface area contributed by atoms with Crippen LogP contribution < -0.4 is 0 Å². The number of halogens is 1. The number of pyridine rings is 1. The Morgan fingerprint density at radius 2 is 1.52 bits per heavy atom. The predicted molar refractivity (Wildman–Crippen MR) is 120 cm³/mol. The number of aromatic nitrogens is 4. The second-order valence-electron chi connectivity index (χ2n) is 6.99. The van der Waals surface area contributed by atoms with Crippen molar-refractivity contribution in [2.75, 3.05) is 0 Å². The van der Waals surface area contributed by atoms with E-state index in [0.717, 1.165) is 22.5 Å². The summed E-state index contributed by atoms with van der Waals surface area (Å²) in [5.41, 5.74) is 6.58. The van der Waals surface area contributed by atoms with Gasteiger partial charge in [-0.05, 0) is 64.0 Å². The van der Waals surface area contributed by atoms with Gasteiger partial charge in [-0.1, -0.05) is 42.5 Å². The molecule has 0 saturated carbocycles. The van der Waals surface area contributed by atoms with Gasteiger partial charge in [0.25, 0.3) is 0 Å². The first-order valence-corrected chi connectivity index (χ1v) is 10.2. The summed E-state index contributed by atoms with van der Waals surface area (Å²) in [5.74, 6) is 0. The molecule has 0 atom stereocenters. The first-order chi connectivity index (χ1) is 14.3. The molecule has 0 fully saturated rings. The topological polar surface area (TPSA) is 35.1 Å². The van der Waals surface area contributed by atoms with Crippen LogP contribution >= 0.6 is 15.9 Å². The number of hydrogen-bond acceptors (Lipinski definition) is 2. The Labute approximate surface area is 175 Å². The van der Waals surface area contributed by atoms with Crippen LogP contribution in [0.3, 0.4) is 0 Å². The summed E-state index contributed by atoms with van der Waals surface area (Å²) in [6.07, 6.45) is 1.91. The van der Waals surface area contributed by atoms with Crippen LogP contribution in [-0.4, -0.2) is 19.2 Å². The molecule has 0 unspecified atom stereocenters. The Balaban J connectivity index is 1.68. The van der Waals surface area contributed by atoms with Crippen molar-refractivity contribution in [1.29, 1.82) is 0 Å². The van der Waals surface area contributed by atoms with E-state index >= 15 is 0 Å². The molecule has 3 aromatic heterocycles. The fourth-order valence-electron chi connectivity index (χ4n) is 4.10. The van der Waals surface area contributed by atoms with Crippen LogP contribution in [0.5, 0.6) is 0 Å². The summed E-state index contributed by atoms with van der Waals surface area (Å²) in [6, 6.07) is 29.8. The van der Waals surface area contributed by atoms with Crippen LogP contribution in [0, 0.1) is 0 Å². The Hall–Kier alpha value is -3.44. The highest BCUT2D eigenvalue weighted by molar-refractivity contribution is 9.10. The summed E-state index contributed by atoms with van der Waals surface area (Å²) in [7, 11) is 0. The lowest BCUT2D eigenvalue weighted by Gasteiger charge is -2.08. The molecule has 0 aliphatic rings. The fourth-order valence-corrected chi connectivity index (χ4v) is 4.44. The van der Waals surface area contributed by atoms with Crippen molar-refractivity contribution in [3.05, 3.63) is 95.9 Å². The zero-order valence-corrected chi connectivity index (χ0v) is 16.9. The Kier molecular flexibility index (Phi) is 3.58. The third-order valence-electron chi connectivity index (χ3n) is 5.33. The quantitative estimate of drug-likeness (QED) is 0.319. The Bertz CT molecular complexity index is 1510. The van der Waals surface area contributed by atoms with E-state index in [1.807, 2.05) is 18.3 Å². The molecule has 0 spiro atoms. The van der Waals surface area contributed by atoms with Crippen molar-refractivity contribution < 1.29 is 0 Å². The van der Waals surface area contributed by atoms with Gasteiger partial charge in [0.1, 0.15) is 0 Å². The van der Waals surface area contributed by atoms with E-state index < -0.39 is 0 Å². The maximum absolute atomic E-state index is 4.55. The predicted octanol–water partition coefficient (Wildman–Crippen LogP) is 6.26. The van der Waals surface area contributed by atoms with Crippen LogP contribution in [0.25, 0.3) is 44.3 Å². The molecule has 0 saturated heterocycles. The molecule has 3 aromatic carbocycles. The van der Waals surface area contributed by atoms with Gasteiger partial charge in [-0.2, -0.15) is 0 Å². The van der Waals surface area contributed by atoms with Crippen LogP contribution in [0.4, 0.5) is 0 Å². The van der Waals surface area contributed by atoms with Gasteiger partial charge in [0.05, 0.1) is 11.0 Å². The van der Waals surface area contributed by atoms with Gasteiger partial charge in [-0.25, -0.2) is 9.50 Å². The summed E-state index contributed by atoms with van der Waals surface area (Å²) in [4.78, 5) is 4.55. The summed E-state index contributed by atoms with van der Waals surface area (Å²) in [6.45, 7) is 0. The number of rotatable bonds is 2. The average molecular weight is 439 g/mol. The second kappa shape index (κ2) is 6.29.